The van der Waals surface area contributed by atoms with E-state index in [2.05, 4.69) is 26.7 Å². The van der Waals surface area contributed by atoms with Gasteiger partial charge in [-0.1, -0.05) is 12.1 Å². The molecule has 2 bridgehead atoms. The average Bonchev–Trinajstić information content (AvgIpc) is 3.25. The third-order valence-electron chi connectivity index (χ3n) is 7.25. The molecule has 11 nitrogen and oxygen atoms in total. The molecule has 4 aliphatic rings. The number of amides is 2. The first-order chi connectivity index (χ1) is 15.5. The van der Waals surface area contributed by atoms with Gasteiger partial charge in [0.15, 0.2) is 0 Å². The van der Waals surface area contributed by atoms with E-state index in [1.807, 2.05) is 34.1 Å². The van der Waals surface area contributed by atoms with Crippen molar-refractivity contribution in [1.82, 2.24) is 30.4 Å². The molecular formula is C21H23N9O2. The summed E-state index contributed by atoms with van der Waals surface area (Å²) in [6, 6.07) is 8.61. The van der Waals surface area contributed by atoms with Crippen LogP contribution in [0.2, 0.25) is 0 Å². The molecule has 0 spiro atoms. The van der Waals surface area contributed by atoms with E-state index in [1.165, 1.54) is 0 Å². The minimum atomic E-state index is -0.729. The molecule has 3 aliphatic heterocycles. The Morgan fingerprint density at radius 2 is 2.22 bits per heavy atom. The van der Waals surface area contributed by atoms with Gasteiger partial charge in [-0.15, -0.1) is 10.2 Å². The Balaban J connectivity index is 1.14. The number of aromatic amines is 1. The molecule has 3 N–H and O–H groups in total. The maximum atomic E-state index is 13.2. The topological polar surface area (TPSA) is 148 Å². The van der Waals surface area contributed by atoms with E-state index in [4.69, 9.17) is 5.73 Å². The molecule has 2 amide bonds. The normalized spacial score (nSPS) is 31.6. The lowest BCUT2D eigenvalue weighted by molar-refractivity contribution is -0.135. The van der Waals surface area contributed by atoms with E-state index < -0.39 is 6.04 Å². The molecule has 2 aromatic rings. The number of anilines is 1. The first-order valence-corrected chi connectivity index (χ1v) is 10.9. The van der Waals surface area contributed by atoms with Crippen molar-refractivity contribution in [2.24, 2.45) is 11.7 Å². The van der Waals surface area contributed by atoms with Crippen molar-refractivity contribution in [2.45, 2.75) is 49.5 Å². The van der Waals surface area contributed by atoms with Crippen molar-refractivity contribution in [3.05, 3.63) is 24.3 Å². The highest BCUT2D eigenvalue weighted by molar-refractivity contribution is 6.01. The number of likely N-dealkylation sites (tertiary alicyclic amines) is 2. The van der Waals surface area contributed by atoms with Crippen LogP contribution >= 0.6 is 0 Å². The van der Waals surface area contributed by atoms with E-state index in [0.717, 1.165) is 24.1 Å². The van der Waals surface area contributed by atoms with Gasteiger partial charge in [-0.3, -0.25) is 14.5 Å². The minimum absolute atomic E-state index is 0.0180. The van der Waals surface area contributed by atoms with Crippen LogP contribution < -0.4 is 10.6 Å². The number of nitrogens with zero attached hydrogens (tertiary/aromatic N) is 7. The minimum Gasteiger partial charge on any atom is -0.322 e. The van der Waals surface area contributed by atoms with Gasteiger partial charge in [-0.2, -0.15) is 10.5 Å². The number of nitrogens with two attached hydrogens (primary N) is 1. The van der Waals surface area contributed by atoms with Crippen LogP contribution in [0.3, 0.4) is 0 Å². The summed E-state index contributed by atoms with van der Waals surface area (Å²) in [4.78, 5) is 31.7. The number of rotatable bonds is 5. The molecule has 4 heterocycles. The summed E-state index contributed by atoms with van der Waals surface area (Å²) in [5.74, 6) is 0.785. The summed E-state index contributed by atoms with van der Waals surface area (Å²) in [6.07, 6.45) is 2.44. The number of carbonyl (C=O) groups excluding carboxylic acids is 2. The Bertz CT molecular complexity index is 1110. The molecule has 0 radical (unpaired) electrons. The van der Waals surface area contributed by atoms with Crippen LogP contribution in [0, 0.1) is 17.2 Å². The van der Waals surface area contributed by atoms with Gasteiger partial charge in [0.2, 0.25) is 17.6 Å². The number of benzene rings is 1. The van der Waals surface area contributed by atoms with E-state index >= 15 is 0 Å². The molecule has 1 aromatic carbocycles. The van der Waals surface area contributed by atoms with Crippen LogP contribution in [0.15, 0.2) is 24.3 Å². The van der Waals surface area contributed by atoms with Crippen LogP contribution in [0.5, 0.6) is 0 Å². The largest absolute Gasteiger partial charge is 0.322 e. The van der Waals surface area contributed by atoms with Crippen molar-refractivity contribution in [2.75, 3.05) is 18.0 Å². The van der Waals surface area contributed by atoms with Gasteiger partial charge in [0.05, 0.1) is 24.2 Å². The number of hydrogen-bond donors (Lipinski definition) is 2. The molecule has 3 unspecified atom stereocenters. The number of piperazine rings is 1. The maximum Gasteiger partial charge on any atom is 0.244 e. The van der Waals surface area contributed by atoms with Gasteiger partial charge in [0.1, 0.15) is 6.04 Å². The van der Waals surface area contributed by atoms with Gasteiger partial charge in [0, 0.05) is 30.4 Å². The van der Waals surface area contributed by atoms with Crippen molar-refractivity contribution < 1.29 is 9.59 Å². The van der Waals surface area contributed by atoms with E-state index in [0.29, 0.717) is 31.3 Å². The molecule has 3 saturated heterocycles. The second-order valence-corrected chi connectivity index (χ2v) is 9.15. The molecular weight excluding hydrogens is 410 g/mol. The fourth-order valence-corrected chi connectivity index (χ4v) is 5.69. The Labute approximate surface area is 184 Å². The zero-order valence-corrected chi connectivity index (χ0v) is 17.3. The summed E-state index contributed by atoms with van der Waals surface area (Å²) in [7, 11) is 0. The first-order valence-electron chi connectivity index (χ1n) is 10.9. The number of piperidine rings is 1. The molecule has 4 fully saturated rings. The Kier molecular flexibility index (Phi) is 4.28. The predicted octanol–water partition coefficient (Wildman–Crippen LogP) is -0.504. The summed E-state index contributed by atoms with van der Waals surface area (Å²) < 4.78 is 0. The molecule has 6 atom stereocenters. The fourth-order valence-electron chi connectivity index (χ4n) is 5.69. The van der Waals surface area contributed by atoms with Gasteiger partial charge >= 0.3 is 0 Å². The summed E-state index contributed by atoms with van der Waals surface area (Å²) >= 11 is 0. The van der Waals surface area contributed by atoms with E-state index in [-0.39, 0.29) is 36.0 Å². The summed E-state index contributed by atoms with van der Waals surface area (Å²) in [5, 5.41) is 23.4. The number of aromatic nitrogens is 4. The van der Waals surface area contributed by atoms with E-state index in [9.17, 15) is 14.9 Å². The molecule has 32 heavy (non-hydrogen) atoms. The van der Waals surface area contributed by atoms with Gasteiger partial charge in [0.25, 0.3) is 0 Å². The molecule has 6 rings (SSSR count). The number of hydrogen-bond acceptors (Lipinski definition) is 8. The Morgan fingerprint density at radius 3 is 2.97 bits per heavy atom. The van der Waals surface area contributed by atoms with Crippen LogP contribution in [-0.2, 0) is 9.59 Å². The number of fused-ring (bicyclic) bond motifs is 3. The molecule has 11 heteroatoms. The van der Waals surface area contributed by atoms with Crippen molar-refractivity contribution in [3.8, 4) is 17.5 Å². The predicted molar refractivity (Wildman–Crippen MR) is 112 cm³/mol. The highest BCUT2D eigenvalue weighted by Crippen LogP contribution is 2.47. The van der Waals surface area contributed by atoms with Gasteiger partial charge in [-0.25, -0.2) is 0 Å². The number of tetrazole rings is 1. The highest BCUT2D eigenvalue weighted by Gasteiger charge is 2.55. The monoisotopic (exact) mass is 433 g/mol. The SMILES string of the molecule is N#CC1C[C@@H]2C[C@@H]2N1C(=O)C(N)CN1CC2C[C@H]1C(=O)N2c1cccc(-c2nn[nH]n2)c1. The lowest BCUT2D eigenvalue weighted by Gasteiger charge is -2.35. The molecule has 1 saturated carbocycles. The second-order valence-electron chi connectivity index (χ2n) is 9.15. The summed E-state index contributed by atoms with van der Waals surface area (Å²) in [5.41, 5.74) is 7.87. The van der Waals surface area contributed by atoms with Crippen LogP contribution in [0.1, 0.15) is 19.3 Å². The Morgan fingerprint density at radius 1 is 1.34 bits per heavy atom. The van der Waals surface area contributed by atoms with Crippen LogP contribution in [-0.4, -0.2) is 85.5 Å². The Hall–Kier alpha value is -3.36. The van der Waals surface area contributed by atoms with E-state index in [1.54, 1.807) is 4.90 Å². The highest BCUT2D eigenvalue weighted by atomic mass is 16.2. The maximum absolute atomic E-state index is 13.2. The number of carbonyl (C=O) groups is 2. The van der Waals surface area contributed by atoms with Crippen LogP contribution in [0.25, 0.3) is 11.4 Å². The zero-order valence-electron chi connectivity index (χ0n) is 17.3. The lowest BCUT2D eigenvalue weighted by atomic mass is 10.1. The fraction of sp³-hybridized carbons (Fsp3) is 0.524. The third-order valence-corrected chi connectivity index (χ3v) is 7.25. The second kappa shape index (κ2) is 7.08. The van der Waals surface area contributed by atoms with Gasteiger partial charge in [-0.05, 0) is 42.5 Å². The molecule has 164 valence electrons. The number of nitriles is 1. The van der Waals surface area contributed by atoms with Gasteiger partial charge < -0.3 is 15.5 Å². The van der Waals surface area contributed by atoms with Crippen molar-refractivity contribution in [3.63, 3.8) is 0 Å². The quantitative estimate of drug-likeness (QED) is 0.641. The van der Waals surface area contributed by atoms with Crippen LogP contribution in [0.4, 0.5) is 5.69 Å². The smallest absolute Gasteiger partial charge is 0.244 e. The lowest BCUT2D eigenvalue weighted by Crippen LogP contribution is -2.57. The first kappa shape index (κ1) is 19.3. The zero-order chi connectivity index (χ0) is 22.0. The summed E-state index contributed by atoms with van der Waals surface area (Å²) in [6.45, 7) is 0.992. The number of nitrogens with one attached hydrogen (secondary N) is 1. The number of H-pyrrole nitrogens is 1. The van der Waals surface area contributed by atoms with Crippen molar-refractivity contribution >= 4 is 17.5 Å². The van der Waals surface area contributed by atoms with Crippen molar-refractivity contribution in [1.29, 1.82) is 5.26 Å². The molecule has 1 aliphatic carbocycles. The molecule has 1 aromatic heterocycles. The standard InChI is InChI=1S/C21H23N9O2/c22-8-14-5-12-6-17(12)30(14)20(31)16(23)10-28-9-15-7-18(28)21(32)29(15)13-3-1-2-11(4-13)19-24-26-27-25-19/h1-4,12,14-18H,5-7,9-10,23H2,(H,24,25,26,27)/t12-,14?,15?,16?,17+,18+/m1/s1. The average molecular weight is 433 g/mol. The third kappa shape index (κ3) is 2.91.